The number of phenolic OH excluding ortho intramolecular Hbond substituents is 1. The van der Waals surface area contributed by atoms with Crippen molar-refractivity contribution in [3.05, 3.63) is 93.2 Å². The second-order valence-electron chi connectivity index (χ2n) is 8.29. The van der Waals surface area contributed by atoms with Crippen LogP contribution in [0.15, 0.2) is 59.4 Å². The highest BCUT2D eigenvalue weighted by molar-refractivity contribution is 5.81. The first-order chi connectivity index (χ1) is 15.9. The van der Waals surface area contributed by atoms with Crippen molar-refractivity contribution in [3.8, 4) is 5.75 Å². The van der Waals surface area contributed by atoms with E-state index in [9.17, 15) is 14.7 Å². The highest BCUT2D eigenvalue weighted by Gasteiger charge is 2.14. The van der Waals surface area contributed by atoms with E-state index in [1.165, 1.54) is 5.56 Å². The summed E-state index contributed by atoms with van der Waals surface area (Å²) in [6.07, 6.45) is 4.04. The van der Waals surface area contributed by atoms with Gasteiger partial charge in [0, 0.05) is 12.2 Å². The van der Waals surface area contributed by atoms with E-state index < -0.39 is 6.04 Å². The molecule has 0 aliphatic rings. The number of aryl methyl sites for hydroxylation is 4. The van der Waals surface area contributed by atoms with Gasteiger partial charge >= 0.3 is 0 Å². The van der Waals surface area contributed by atoms with Crippen molar-refractivity contribution >= 4 is 5.91 Å². The summed E-state index contributed by atoms with van der Waals surface area (Å²) in [6, 6.07) is 16.2. The molecule has 3 aromatic rings. The Labute approximate surface area is 194 Å². The van der Waals surface area contributed by atoms with E-state index in [4.69, 9.17) is 5.73 Å². The molecule has 7 heteroatoms. The van der Waals surface area contributed by atoms with E-state index in [2.05, 4.69) is 27.4 Å². The van der Waals surface area contributed by atoms with Crippen LogP contribution in [0.4, 0.5) is 0 Å². The highest BCUT2D eigenvalue weighted by atomic mass is 16.3. The Balaban J connectivity index is 1.40. The standard InChI is InChI=1S/C26H32N4O3/c1-18-23(15-12-19-7-3-2-4-8-19)30-26(33)24(29-18)9-5-6-16-28-25(32)22(27)17-20-10-13-21(31)14-11-20/h2-4,7-8,10-11,13-14,22,31H,5-6,9,12,15-17,27H2,1H3,(H,28,32)(H,30,33)/t22-/m0/s1. The molecule has 7 nitrogen and oxygen atoms in total. The van der Waals surface area contributed by atoms with Crippen molar-refractivity contribution < 1.29 is 9.90 Å². The molecule has 1 atom stereocenters. The lowest BCUT2D eigenvalue weighted by atomic mass is 10.1. The van der Waals surface area contributed by atoms with E-state index in [0.29, 0.717) is 25.1 Å². The van der Waals surface area contributed by atoms with Crippen LogP contribution in [0.5, 0.6) is 5.75 Å². The number of unbranched alkanes of at least 4 members (excludes halogenated alkanes) is 1. The van der Waals surface area contributed by atoms with Crippen LogP contribution in [0, 0.1) is 6.92 Å². The maximum absolute atomic E-state index is 12.4. The molecule has 5 N–H and O–H groups in total. The van der Waals surface area contributed by atoms with Gasteiger partial charge in [0.05, 0.1) is 11.7 Å². The zero-order valence-electron chi connectivity index (χ0n) is 19.0. The first kappa shape index (κ1) is 24.2. The van der Waals surface area contributed by atoms with Crippen LogP contribution in [-0.4, -0.2) is 33.6 Å². The number of hydrogen-bond acceptors (Lipinski definition) is 5. The number of phenols is 1. The van der Waals surface area contributed by atoms with Crippen molar-refractivity contribution in [2.75, 3.05) is 6.54 Å². The molecule has 0 aliphatic carbocycles. The number of nitrogens with two attached hydrogens (primary N) is 1. The number of rotatable bonds is 11. The largest absolute Gasteiger partial charge is 0.508 e. The molecule has 0 saturated carbocycles. The molecule has 0 fully saturated rings. The minimum Gasteiger partial charge on any atom is -0.508 e. The summed E-state index contributed by atoms with van der Waals surface area (Å²) in [5, 5.41) is 12.2. The second kappa shape index (κ2) is 12.0. The Bertz CT molecular complexity index is 1090. The molecular weight excluding hydrogens is 416 g/mol. The first-order valence-electron chi connectivity index (χ1n) is 11.4. The number of H-pyrrole nitrogens is 1. The maximum atomic E-state index is 12.4. The smallest absolute Gasteiger partial charge is 0.269 e. The minimum atomic E-state index is -0.648. The van der Waals surface area contributed by atoms with Gasteiger partial charge in [0.2, 0.25) is 5.91 Å². The first-order valence-corrected chi connectivity index (χ1v) is 11.4. The zero-order valence-corrected chi connectivity index (χ0v) is 19.0. The van der Waals surface area contributed by atoms with E-state index in [1.54, 1.807) is 24.3 Å². The normalized spacial score (nSPS) is 11.8. The third-order valence-electron chi connectivity index (χ3n) is 5.64. The van der Waals surface area contributed by atoms with Gasteiger partial charge in [-0.1, -0.05) is 42.5 Å². The third kappa shape index (κ3) is 7.57. The Morgan fingerprint density at radius 1 is 1.03 bits per heavy atom. The van der Waals surface area contributed by atoms with Gasteiger partial charge in [-0.05, 0) is 68.7 Å². The van der Waals surface area contributed by atoms with Gasteiger partial charge in [-0.3, -0.25) is 14.6 Å². The average Bonchev–Trinajstić information content (AvgIpc) is 2.81. The van der Waals surface area contributed by atoms with Crippen molar-refractivity contribution in [2.24, 2.45) is 5.73 Å². The quantitative estimate of drug-likeness (QED) is 0.336. The predicted octanol–water partition coefficient (Wildman–Crippen LogP) is 2.58. The summed E-state index contributed by atoms with van der Waals surface area (Å²) in [4.78, 5) is 32.2. The number of aromatic nitrogens is 2. The van der Waals surface area contributed by atoms with Crippen LogP contribution < -0.4 is 16.6 Å². The van der Waals surface area contributed by atoms with Crippen molar-refractivity contribution in [1.29, 1.82) is 0 Å². The second-order valence-corrected chi connectivity index (χ2v) is 8.29. The predicted molar refractivity (Wildman–Crippen MR) is 129 cm³/mol. The monoisotopic (exact) mass is 448 g/mol. The van der Waals surface area contributed by atoms with E-state index in [0.717, 1.165) is 42.6 Å². The molecule has 0 saturated heterocycles. The van der Waals surface area contributed by atoms with Gasteiger partial charge in [-0.2, -0.15) is 0 Å². The van der Waals surface area contributed by atoms with Crippen molar-refractivity contribution in [2.45, 2.75) is 51.5 Å². The Kier molecular flexibility index (Phi) is 8.78. The molecule has 0 aliphatic heterocycles. The highest BCUT2D eigenvalue weighted by Crippen LogP contribution is 2.11. The zero-order chi connectivity index (χ0) is 23.6. The fraction of sp³-hybridized carbons (Fsp3) is 0.346. The average molecular weight is 449 g/mol. The summed E-state index contributed by atoms with van der Waals surface area (Å²) in [5.41, 5.74) is 10.2. The van der Waals surface area contributed by atoms with Crippen LogP contribution in [0.25, 0.3) is 0 Å². The molecule has 0 spiro atoms. The number of carbonyl (C=O) groups excluding carboxylic acids is 1. The van der Waals surface area contributed by atoms with Gasteiger partial charge in [0.1, 0.15) is 11.4 Å². The molecule has 0 radical (unpaired) electrons. The van der Waals surface area contributed by atoms with Crippen LogP contribution in [0.3, 0.4) is 0 Å². The Morgan fingerprint density at radius 3 is 2.48 bits per heavy atom. The van der Waals surface area contributed by atoms with Crippen molar-refractivity contribution in [1.82, 2.24) is 15.3 Å². The SMILES string of the molecule is Cc1nc(CCCCNC(=O)[C@@H](N)Cc2ccc(O)cc2)c(=O)[nH]c1CCc1ccccc1. The summed E-state index contributed by atoms with van der Waals surface area (Å²) in [5.74, 6) is -0.0280. The fourth-order valence-electron chi connectivity index (χ4n) is 3.69. The van der Waals surface area contributed by atoms with E-state index in [-0.39, 0.29) is 17.2 Å². The molecule has 3 rings (SSSR count). The molecule has 1 amide bonds. The van der Waals surface area contributed by atoms with Crippen LogP contribution in [-0.2, 0) is 30.5 Å². The molecule has 2 aromatic carbocycles. The number of nitrogens with one attached hydrogen (secondary N) is 2. The van der Waals surface area contributed by atoms with Gasteiger partial charge in [0.25, 0.3) is 5.56 Å². The summed E-state index contributed by atoms with van der Waals surface area (Å²) in [6.45, 7) is 2.42. The number of aromatic hydroxyl groups is 1. The Hall–Kier alpha value is -3.45. The lowest BCUT2D eigenvalue weighted by Gasteiger charge is -2.12. The molecule has 174 valence electrons. The number of amides is 1. The van der Waals surface area contributed by atoms with Gasteiger partial charge < -0.3 is 21.1 Å². The van der Waals surface area contributed by atoms with E-state index >= 15 is 0 Å². The number of aromatic amines is 1. The molecule has 0 unspecified atom stereocenters. The van der Waals surface area contributed by atoms with Gasteiger partial charge in [-0.15, -0.1) is 0 Å². The minimum absolute atomic E-state index is 0.136. The number of hydrogen-bond donors (Lipinski definition) is 4. The summed E-state index contributed by atoms with van der Waals surface area (Å²) < 4.78 is 0. The third-order valence-corrected chi connectivity index (χ3v) is 5.64. The lowest BCUT2D eigenvalue weighted by molar-refractivity contribution is -0.122. The molecule has 33 heavy (non-hydrogen) atoms. The number of benzene rings is 2. The lowest BCUT2D eigenvalue weighted by Crippen LogP contribution is -2.42. The maximum Gasteiger partial charge on any atom is 0.269 e. The summed E-state index contributed by atoms with van der Waals surface area (Å²) >= 11 is 0. The summed E-state index contributed by atoms with van der Waals surface area (Å²) in [7, 11) is 0. The van der Waals surface area contributed by atoms with Crippen molar-refractivity contribution in [3.63, 3.8) is 0 Å². The fourth-order valence-corrected chi connectivity index (χ4v) is 3.69. The topological polar surface area (TPSA) is 121 Å². The van der Waals surface area contributed by atoms with Crippen LogP contribution in [0.2, 0.25) is 0 Å². The van der Waals surface area contributed by atoms with Gasteiger partial charge in [0.15, 0.2) is 0 Å². The number of nitrogens with zero attached hydrogens (tertiary/aromatic N) is 1. The van der Waals surface area contributed by atoms with E-state index in [1.807, 2.05) is 25.1 Å². The van der Waals surface area contributed by atoms with Gasteiger partial charge in [-0.25, -0.2) is 0 Å². The molecule has 1 aromatic heterocycles. The van der Waals surface area contributed by atoms with Crippen LogP contribution >= 0.6 is 0 Å². The molecular formula is C26H32N4O3. The Morgan fingerprint density at radius 2 is 1.76 bits per heavy atom. The molecule has 1 heterocycles. The number of carbonyl (C=O) groups is 1. The van der Waals surface area contributed by atoms with Crippen LogP contribution in [0.1, 0.15) is 41.1 Å². The molecule has 0 bridgehead atoms.